The molecule has 5 nitrogen and oxygen atoms in total. The normalized spacial score (nSPS) is 11.2. The summed E-state index contributed by atoms with van der Waals surface area (Å²) in [6, 6.07) is 13.5. The van der Waals surface area contributed by atoms with Crippen LogP contribution in [0.15, 0.2) is 36.4 Å². The van der Waals surface area contributed by atoms with Gasteiger partial charge in [0.05, 0.1) is 24.8 Å². The van der Waals surface area contributed by atoms with Crippen LogP contribution >= 0.6 is 0 Å². The van der Waals surface area contributed by atoms with Gasteiger partial charge in [0, 0.05) is 12.0 Å². The quantitative estimate of drug-likeness (QED) is 0.698. The summed E-state index contributed by atoms with van der Waals surface area (Å²) in [6.45, 7) is 7.73. The van der Waals surface area contributed by atoms with Crippen molar-refractivity contribution in [2.75, 3.05) is 26.4 Å². The summed E-state index contributed by atoms with van der Waals surface area (Å²) in [4.78, 5) is 11.9. The molecule has 0 saturated heterocycles. The van der Waals surface area contributed by atoms with E-state index >= 15 is 0 Å². The van der Waals surface area contributed by atoms with Gasteiger partial charge in [-0.1, -0.05) is 32.9 Å². The number of hydrogen-bond donors (Lipinski definition) is 1. The Hall–Kier alpha value is -2.58. The van der Waals surface area contributed by atoms with Gasteiger partial charge >= 0.3 is 0 Å². The third kappa shape index (κ3) is 5.47. The van der Waals surface area contributed by atoms with Crippen molar-refractivity contribution in [3.63, 3.8) is 0 Å². The van der Waals surface area contributed by atoms with E-state index < -0.39 is 0 Å². The van der Waals surface area contributed by atoms with Crippen molar-refractivity contribution in [2.24, 2.45) is 5.41 Å². The monoisotopic (exact) mass is 354 g/mol. The molecule has 0 radical (unpaired) electrons. The van der Waals surface area contributed by atoms with Crippen molar-refractivity contribution >= 4 is 16.7 Å². The minimum Gasteiger partial charge on any atom is -0.491 e. The number of hydrogen-bond acceptors (Lipinski definition) is 4. The average molecular weight is 354 g/mol. The molecule has 2 rings (SSSR count). The van der Waals surface area contributed by atoms with E-state index in [1.807, 2.05) is 51.1 Å². The zero-order valence-corrected chi connectivity index (χ0v) is 15.7. The number of nitriles is 1. The van der Waals surface area contributed by atoms with Gasteiger partial charge in [-0.15, -0.1) is 0 Å². The van der Waals surface area contributed by atoms with Crippen LogP contribution in [0.25, 0.3) is 10.8 Å². The van der Waals surface area contributed by atoms with Crippen LogP contribution < -0.4 is 10.1 Å². The van der Waals surface area contributed by atoms with Gasteiger partial charge in [0.1, 0.15) is 12.4 Å². The third-order valence-corrected chi connectivity index (χ3v) is 4.47. The standard InChI is InChI=1S/C21H26N2O3/c1-4-21(2,3)20(24)23-9-10-25-11-12-26-19-8-7-17-13-16(15-22)5-6-18(17)14-19/h5-8,13-14H,4,9-12H2,1-3H3,(H,23,24). The highest BCUT2D eigenvalue weighted by molar-refractivity contribution is 5.85. The molecule has 0 atom stereocenters. The van der Waals surface area contributed by atoms with Crippen LogP contribution in [0.2, 0.25) is 0 Å². The molecule has 138 valence electrons. The van der Waals surface area contributed by atoms with Crippen LogP contribution in [0.4, 0.5) is 0 Å². The first-order chi connectivity index (χ1) is 12.5. The molecule has 5 heteroatoms. The Morgan fingerprint density at radius 3 is 2.58 bits per heavy atom. The Bertz CT molecular complexity index is 793. The van der Waals surface area contributed by atoms with Gasteiger partial charge in [0.25, 0.3) is 0 Å². The molecule has 1 N–H and O–H groups in total. The van der Waals surface area contributed by atoms with Crippen molar-refractivity contribution < 1.29 is 14.3 Å². The van der Waals surface area contributed by atoms with Gasteiger partial charge in [0.2, 0.25) is 5.91 Å². The topological polar surface area (TPSA) is 71.3 Å². The van der Waals surface area contributed by atoms with Gasteiger partial charge < -0.3 is 14.8 Å². The van der Waals surface area contributed by atoms with Crippen molar-refractivity contribution in [3.05, 3.63) is 42.0 Å². The van der Waals surface area contributed by atoms with E-state index in [1.165, 1.54) is 0 Å². The van der Waals surface area contributed by atoms with Gasteiger partial charge in [-0.05, 0) is 41.5 Å². The predicted octanol–water partition coefficient (Wildman–Crippen LogP) is 3.66. The summed E-state index contributed by atoms with van der Waals surface area (Å²) in [5, 5.41) is 13.9. The van der Waals surface area contributed by atoms with Gasteiger partial charge in [-0.2, -0.15) is 5.26 Å². The van der Waals surface area contributed by atoms with Crippen molar-refractivity contribution in [2.45, 2.75) is 27.2 Å². The van der Waals surface area contributed by atoms with Crippen LogP contribution in [0, 0.1) is 16.7 Å². The fourth-order valence-corrected chi connectivity index (χ4v) is 2.34. The predicted molar refractivity (Wildman–Crippen MR) is 102 cm³/mol. The SMILES string of the molecule is CCC(C)(C)C(=O)NCCOCCOc1ccc2cc(C#N)ccc2c1. The van der Waals surface area contributed by atoms with Crippen LogP contribution in [0.5, 0.6) is 5.75 Å². The molecule has 0 bridgehead atoms. The number of ether oxygens (including phenoxy) is 2. The molecule has 0 aliphatic rings. The highest BCUT2D eigenvalue weighted by atomic mass is 16.5. The molecule has 0 heterocycles. The molecule has 0 aliphatic heterocycles. The second-order valence-corrected chi connectivity index (χ2v) is 6.79. The van der Waals surface area contributed by atoms with Gasteiger partial charge in [-0.25, -0.2) is 0 Å². The number of nitrogens with zero attached hydrogens (tertiary/aromatic N) is 1. The first-order valence-corrected chi connectivity index (χ1v) is 8.89. The summed E-state index contributed by atoms with van der Waals surface area (Å²) in [5.41, 5.74) is 0.307. The minimum absolute atomic E-state index is 0.0515. The second-order valence-electron chi connectivity index (χ2n) is 6.79. The third-order valence-electron chi connectivity index (χ3n) is 4.47. The fourth-order valence-electron chi connectivity index (χ4n) is 2.34. The highest BCUT2D eigenvalue weighted by Crippen LogP contribution is 2.22. The van der Waals surface area contributed by atoms with E-state index in [4.69, 9.17) is 14.7 Å². The molecule has 0 aromatic heterocycles. The van der Waals surface area contributed by atoms with Crippen LogP contribution in [0.1, 0.15) is 32.8 Å². The molecule has 2 aromatic carbocycles. The maximum Gasteiger partial charge on any atom is 0.225 e. The second kappa shape index (κ2) is 9.21. The lowest BCUT2D eigenvalue weighted by Gasteiger charge is -2.21. The number of nitrogens with one attached hydrogen (secondary N) is 1. The lowest BCUT2D eigenvalue weighted by atomic mass is 9.89. The first-order valence-electron chi connectivity index (χ1n) is 8.89. The molecule has 1 amide bonds. The molecule has 0 saturated carbocycles. The summed E-state index contributed by atoms with van der Waals surface area (Å²) in [6.07, 6.45) is 0.803. The Kier molecular flexibility index (Phi) is 6.99. The van der Waals surface area contributed by atoms with E-state index in [-0.39, 0.29) is 11.3 Å². The zero-order valence-electron chi connectivity index (χ0n) is 15.7. The zero-order chi connectivity index (χ0) is 19.0. The minimum atomic E-state index is -0.340. The van der Waals surface area contributed by atoms with Crippen LogP contribution in [-0.2, 0) is 9.53 Å². The average Bonchev–Trinajstić information content (AvgIpc) is 2.66. The molecule has 2 aromatic rings. The molecule has 0 spiro atoms. The van der Waals surface area contributed by atoms with Crippen molar-refractivity contribution in [3.8, 4) is 11.8 Å². The molecule has 0 aliphatic carbocycles. The molecular weight excluding hydrogens is 328 g/mol. The largest absolute Gasteiger partial charge is 0.491 e. The Morgan fingerprint density at radius 2 is 1.85 bits per heavy atom. The fraction of sp³-hybridized carbons (Fsp3) is 0.429. The number of benzene rings is 2. The summed E-state index contributed by atoms with van der Waals surface area (Å²) in [5.74, 6) is 0.819. The lowest BCUT2D eigenvalue weighted by molar-refractivity contribution is -0.129. The van der Waals surface area contributed by atoms with Crippen LogP contribution in [-0.4, -0.2) is 32.3 Å². The Balaban J connectivity index is 1.68. The van der Waals surface area contributed by atoms with E-state index in [1.54, 1.807) is 6.07 Å². The maximum atomic E-state index is 11.9. The molecular formula is C21H26N2O3. The van der Waals surface area contributed by atoms with Crippen molar-refractivity contribution in [1.29, 1.82) is 5.26 Å². The van der Waals surface area contributed by atoms with Crippen molar-refractivity contribution in [1.82, 2.24) is 5.32 Å². The number of rotatable bonds is 9. The van der Waals surface area contributed by atoms with Crippen LogP contribution in [0.3, 0.4) is 0 Å². The summed E-state index contributed by atoms with van der Waals surface area (Å²) >= 11 is 0. The Morgan fingerprint density at radius 1 is 1.12 bits per heavy atom. The number of carbonyl (C=O) groups excluding carboxylic acids is 1. The van der Waals surface area contributed by atoms with Gasteiger partial charge in [-0.3, -0.25) is 4.79 Å². The maximum absolute atomic E-state index is 11.9. The number of fused-ring (bicyclic) bond motifs is 1. The lowest BCUT2D eigenvalue weighted by Crippen LogP contribution is -2.38. The molecule has 0 fully saturated rings. The molecule has 0 unspecified atom stereocenters. The summed E-state index contributed by atoms with van der Waals surface area (Å²) in [7, 11) is 0. The van der Waals surface area contributed by atoms with E-state index in [9.17, 15) is 4.79 Å². The first kappa shape index (κ1) is 19.7. The van der Waals surface area contributed by atoms with E-state index in [0.29, 0.717) is 31.9 Å². The Labute approximate surface area is 154 Å². The summed E-state index contributed by atoms with van der Waals surface area (Å²) < 4.78 is 11.2. The van der Waals surface area contributed by atoms with Gasteiger partial charge in [0.15, 0.2) is 0 Å². The van der Waals surface area contributed by atoms with E-state index in [0.717, 1.165) is 22.9 Å². The smallest absolute Gasteiger partial charge is 0.225 e. The van der Waals surface area contributed by atoms with E-state index in [2.05, 4.69) is 11.4 Å². The number of amides is 1. The molecule has 26 heavy (non-hydrogen) atoms. The number of carbonyl (C=O) groups is 1. The highest BCUT2D eigenvalue weighted by Gasteiger charge is 2.24.